The molecular weight excluding hydrogens is 371 g/mol. The van der Waals surface area contributed by atoms with Crippen LogP contribution in [0, 0.1) is 18.8 Å². The topological polar surface area (TPSA) is 43.7 Å². The summed E-state index contributed by atoms with van der Waals surface area (Å²) in [5.74, 6) is 1.87. The van der Waals surface area contributed by atoms with Crippen molar-refractivity contribution in [1.82, 2.24) is 9.24 Å². The van der Waals surface area contributed by atoms with Crippen molar-refractivity contribution >= 4 is 18.6 Å². The molecule has 0 radical (unpaired) electrons. The molecule has 0 spiro atoms. The molecule has 5 nitrogen and oxygen atoms in total. The summed E-state index contributed by atoms with van der Waals surface area (Å²) in [7, 11) is -0.421. The standard InChI is InChI=1S/C22H31N2O3P/c1-5-16-11-15-12-19-21(16)23(13-15)9-8-17-18-10-14(2)6-7-20(18)24(22(17)19)28(25,26-3)27-4/h6-7,10,15-16,19,21H,5,8-9,11-13H2,1-4H3/t15-,16-,19+,21?/m0/s1. The van der Waals surface area contributed by atoms with Gasteiger partial charge in [0.05, 0.1) is 5.52 Å². The van der Waals surface area contributed by atoms with Gasteiger partial charge >= 0.3 is 7.75 Å². The largest absolute Gasteiger partial charge is 0.439 e. The predicted molar refractivity (Wildman–Crippen MR) is 112 cm³/mol. The third-order valence-electron chi connectivity index (χ3n) is 7.51. The van der Waals surface area contributed by atoms with E-state index in [1.54, 1.807) is 0 Å². The second-order valence-corrected chi connectivity index (χ2v) is 10.9. The first-order valence-electron chi connectivity index (χ1n) is 10.6. The van der Waals surface area contributed by atoms with E-state index in [0.717, 1.165) is 30.3 Å². The Morgan fingerprint density at radius 2 is 2.00 bits per heavy atom. The highest BCUT2D eigenvalue weighted by Crippen LogP contribution is 2.58. The molecule has 4 heterocycles. The van der Waals surface area contributed by atoms with Crippen molar-refractivity contribution in [2.75, 3.05) is 27.3 Å². The van der Waals surface area contributed by atoms with Gasteiger partial charge in [0.15, 0.2) is 0 Å². The summed E-state index contributed by atoms with van der Waals surface area (Å²) in [5, 5.41) is 1.22. The van der Waals surface area contributed by atoms with Crippen molar-refractivity contribution in [3.8, 4) is 0 Å². The zero-order valence-corrected chi connectivity index (χ0v) is 18.2. The first-order valence-corrected chi connectivity index (χ1v) is 12.1. The molecule has 3 fully saturated rings. The second kappa shape index (κ2) is 6.70. The van der Waals surface area contributed by atoms with Gasteiger partial charge < -0.3 is 0 Å². The molecule has 1 saturated carbocycles. The van der Waals surface area contributed by atoms with Crippen LogP contribution in [0.4, 0.5) is 0 Å². The zero-order valence-electron chi connectivity index (χ0n) is 17.4. The minimum Gasteiger partial charge on any atom is -0.299 e. The molecule has 6 heteroatoms. The van der Waals surface area contributed by atoms with Crippen molar-refractivity contribution in [2.45, 2.75) is 51.5 Å². The van der Waals surface area contributed by atoms with Crippen molar-refractivity contribution in [2.24, 2.45) is 11.8 Å². The quantitative estimate of drug-likeness (QED) is 0.678. The first kappa shape index (κ1) is 18.9. The Bertz CT molecular complexity index is 960. The van der Waals surface area contributed by atoms with Crippen LogP contribution in [0.1, 0.15) is 48.9 Å². The van der Waals surface area contributed by atoms with Gasteiger partial charge in [0, 0.05) is 50.3 Å². The minimum absolute atomic E-state index is 0.404. The summed E-state index contributed by atoms with van der Waals surface area (Å²) >= 11 is 0. The first-order chi connectivity index (χ1) is 13.5. The van der Waals surface area contributed by atoms with Crippen LogP contribution in [0.3, 0.4) is 0 Å². The number of nitrogens with zero attached hydrogens (tertiary/aromatic N) is 2. The van der Waals surface area contributed by atoms with Crippen LogP contribution in [0.5, 0.6) is 0 Å². The van der Waals surface area contributed by atoms with Gasteiger partial charge in [0.1, 0.15) is 0 Å². The molecule has 1 aromatic carbocycles. The van der Waals surface area contributed by atoms with Crippen LogP contribution in [-0.4, -0.2) is 42.6 Å². The van der Waals surface area contributed by atoms with Gasteiger partial charge in [-0.25, -0.2) is 4.57 Å². The number of benzene rings is 1. The van der Waals surface area contributed by atoms with E-state index in [1.165, 1.54) is 62.2 Å². The average molecular weight is 402 g/mol. The number of piperidine rings is 2. The monoisotopic (exact) mass is 402 g/mol. The molecule has 152 valence electrons. The molecule has 4 bridgehead atoms. The Balaban J connectivity index is 1.81. The summed E-state index contributed by atoms with van der Waals surface area (Å²) in [6.07, 6.45) is 4.75. The van der Waals surface area contributed by atoms with Crippen LogP contribution < -0.4 is 0 Å². The maximum absolute atomic E-state index is 13.7. The molecule has 2 aromatic rings. The molecule has 0 amide bonds. The van der Waals surface area contributed by atoms with Gasteiger partial charge in [0.25, 0.3) is 0 Å². The van der Waals surface area contributed by atoms with E-state index in [2.05, 4.69) is 36.9 Å². The number of rotatable bonds is 4. The molecule has 2 saturated heterocycles. The summed E-state index contributed by atoms with van der Waals surface area (Å²) in [6.45, 7) is 6.78. The summed E-state index contributed by atoms with van der Waals surface area (Å²) in [6, 6.07) is 6.99. The van der Waals surface area contributed by atoms with Crippen LogP contribution >= 0.6 is 7.75 Å². The van der Waals surface area contributed by atoms with Gasteiger partial charge in [-0.2, -0.15) is 0 Å². The number of hydrogen-bond donors (Lipinski definition) is 0. The third kappa shape index (κ3) is 2.53. The molecule has 5 atom stereocenters. The van der Waals surface area contributed by atoms with Crippen LogP contribution in [0.25, 0.3) is 10.9 Å². The molecular formula is C22H31N2O3P. The lowest BCUT2D eigenvalue weighted by Crippen LogP contribution is -2.56. The third-order valence-corrected chi connectivity index (χ3v) is 9.35. The maximum Gasteiger partial charge on any atom is 0.439 e. The van der Waals surface area contributed by atoms with Crippen molar-refractivity contribution in [3.05, 3.63) is 35.0 Å². The van der Waals surface area contributed by atoms with E-state index in [-0.39, 0.29) is 0 Å². The lowest BCUT2D eigenvalue weighted by Gasteiger charge is -2.53. The van der Waals surface area contributed by atoms with E-state index in [1.807, 2.05) is 4.34 Å². The fourth-order valence-corrected chi connectivity index (χ4v) is 7.89. The maximum atomic E-state index is 13.7. The van der Waals surface area contributed by atoms with E-state index in [9.17, 15) is 4.57 Å². The number of aromatic nitrogens is 1. The fourth-order valence-electron chi connectivity index (χ4n) is 6.44. The summed E-state index contributed by atoms with van der Waals surface area (Å²) < 4.78 is 26.7. The Kier molecular flexibility index (Phi) is 4.52. The Hall–Kier alpha value is -1.13. The van der Waals surface area contributed by atoms with Gasteiger partial charge in [-0.15, -0.1) is 0 Å². The number of fused-ring (bicyclic) bond motifs is 4. The summed E-state index contributed by atoms with van der Waals surface area (Å²) in [5.41, 5.74) is 4.81. The van der Waals surface area contributed by atoms with Crippen molar-refractivity contribution in [1.29, 1.82) is 0 Å². The average Bonchev–Trinajstić information content (AvgIpc) is 2.99. The van der Waals surface area contributed by atoms with Crippen LogP contribution in [0.2, 0.25) is 0 Å². The molecule has 1 aliphatic carbocycles. The molecule has 1 aromatic heterocycles. The minimum atomic E-state index is -3.42. The van der Waals surface area contributed by atoms with E-state index < -0.39 is 7.75 Å². The van der Waals surface area contributed by atoms with Gasteiger partial charge in [-0.3, -0.25) is 18.3 Å². The van der Waals surface area contributed by atoms with Gasteiger partial charge in [0.2, 0.25) is 0 Å². The number of hydrogen-bond acceptors (Lipinski definition) is 4. The second-order valence-electron chi connectivity index (χ2n) is 8.88. The Labute approximate surface area is 167 Å². The van der Waals surface area contributed by atoms with Gasteiger partial charge in [-0.1, -0.05) is 25.0 Å². The normalized spacial score (nSPS) is 31.8. The predicted octanol–water partition coefficient (Wildman–Crippen LogP) is 4.96. The molecule has 4 aliphatic rings. The van der Waals surface area contributed by atoms with E-state index in [4.69, 9.17) is 9.05 Å². The summed E-state index contributed by atoms with van der Waals surface area (Å²) in [4.78, 5) is 2.73. The van der Waals surface area contributed by atoms with Crippen LogP contribution in [0.15, 0.2) is 18.2 Å². The lowest BCUT2D eigenvalue weighted by molar-refractivity contribution is -0.0138. The smallest absolute Gasteiger partial charge is 0.299 e. The highest BCUT2D eigenvalue weighted by atomic mass is 31.2. The SMILES string of the molecule is CC[C@H]1C[C@H]2C[C@H]3c4c(c5cc(C)ccc5n4P(=O)(OC)OC)CCN(C2)C13. The van der Waals surface area contributed by atoms with E-state index >= 15 is 0 Å². The van der Waals surface area contributed by atoms with Gasteiger partial charge in [-0.05, 0) is 55.7 Å². The van der Waals surface area contributed by atoms with Crippen molar-refractivity contribution in [3.63, 3.8) is 0 Å². The lowest BCUT2D eigenvalue weighted by atomic mass is 9.65. The zero-order chi connectivity index (χ0) is 19.6. The molecule has 6 rings (SSSR count). The number of aryl methyl sites for hydroxylation is 1. The molecule has 2 unspecified atom stereocenters. The molecule has 28 heavy (non-hydrogen) atoms. The highest BCUT2D eigenvalue weighted by molar-refractivity contribution is 7.52. The van der Waals surface area contributed by atoms with Crippen molar-refractivity contribution < 1.29 is 13.6 Å². The fraction of sp³-hybridized carbons (Fsp3) is 0.636. The van der Waals surface area contributed by atoms with Crippen LogP contribution in [-0.2, 0) is 20.0 Å². The van der Waals surface area contributed by atoms with E-state index in [0.29, 0.717) is 12.0 Å². The highest BCUT2D eigenvalue weighted by Gasteiger charge is 2.50. The Morgan fingerprint density at radius 3 is 2.71 bits per heavy atom. The Morgan fingerprint density at radius 1 is 1.21 bits per heavy atom. The molecule has 3 aliphatic heterocycles. The molecule has 0 N–H and O–H groups in total.